The molecule has 1 aromatic heterocycles. The maximum Gasteiger partial charge on any atom is 0.339 e. The van der Waals surface area contributed by atoms with E-state index in [0.29, 0.717) is 18.0 Å². The molecule has 10 heteroatoms. The predicted octanol–water partition coefficient (Wildman–Crippen LogP) is 1.79. The number of hydrogen-bond acceptors (Lipinski definition) is 6. The molecule has 0 saturated carbocycles. The first kappa shape index (κ1) is 20.4. The van der Waals surface area contributed by atoms with E-state index in [9.17, 15) is 19.5 Å². The average Bonchev–Trinajstić information content (AvgIpc) is 2.72. The molecule has 10 nitrogen and oxygen atoms in total. The van der Waals surface area contributed by atoms with Crippen molar-refractivity contribution >= 4 is 17.9 Å². The average molecular weight is 409 g/mol. The fraction of sp³-hybridized carbons (Fsp3) is 0.100. The third kappa shape index (κ3) is 4.55. The number of amides is 2. The number of nitrogens with zero attached hydrogens (tertiary/aromatic N) is 2. The standard InChI is InChI=1S/C20H19N5O5/c1-2-30-16-11-7-6-10-15(16)25-18(27)14(17(26)23-20(25)29)12-21-24-19(28)22-13-8-4-3-5-9-13/h3-12,27H,2H2,1H3,(H2,22,24,28)(H,23,26,29). The summed E-state index contributed by atoms with van der Waals surface area (Å²) in [6.07, 6.45) is 0.942. The van der Waals surface area contributed by atoms with E-state index >= 15 is 0 Å². The second-order valence-corrected chi connectivity index (χ2v) is 5.92. The van der Waals surface area contributed by atoms with E-state index in [2.05, 4.69) is 20.8 Å². The topological polar surface area (TPSA) is 138 Å². The molecule has 3 aromatic rings. The number of urea groups is 1. The van der Waals surface area contributed by atoms with Crippen molar-refractivity contribution in [2.45, 2.75) is 6.92 Å². The van der Waals surface area contributed by atoms with Gasteiger partial charge in [0.05, 0.1) is 18.5 Å². The highest BCUT2D eigenvalue weighted by Crippen LogP contribution is 2.25. The monoisotopic (exact) mass is 409 g/mol. The number of H-pyrrole nitrogens is 1. The molecular weight excluding hydrogens is 390 g/mol. The minimum atomic E-state index is -0.864. The number of nitrogens with one attached hydrogen (secondary N) is 3. The summed E-state index contributed by atoms with van der Waals surface area (Å²) in [6.45, 7) is 2.11. The third-order valence-electron chi connectivity index (χ3n) is 3.92. The van der Waals surface area contributed by atoms with E-state index in [-0.39, 0.29) is 11.3 Å². The second kappa shape index (κ2) is 9.24. The molecule has 0 aliphatic carbocycles. The molecule has 0 aliphatic heterocycles. The predicted molar refractivity (Wildman–Crippen MR) is 112 cm³/mol. The molecule has 0 atom stereocenters. The lowest BCUT2D eigenvalue weighted by atomic mass is 10.2. The molecular formula is C20H19N5O5. The van der Waals surface area contributed by atoms with Crippen LogP contribution >= 0.6 is 0 Å². The van der Waals surface area contributed by atoms with E-state index < -0.39 is 23.2 Å². The Hall–Kier alpha value is -4.34. The Kier molecular flexibility index (Phi) is 6.28. The van der Waals surface area contributed by atoms with Gasteiger partial charge in [0.2, 0.25) is 5.88 Å². The first-order valence-electron chi connectivity index (χ1n) is 8.97. The van der Waals surface area contributed by atoms with Crippen molar-refractivity contribution in [1.29, 1.82) is 0 Å². The van der Waals surface area contributed by atoms with Crippen LogP contribution in [0, 0.1) is 0 Å². The van der Waals surface area contributed by atoms with Crippen LogP contribution in [0.5, 0.6) is 11.6 Å². The van der Waals surface area contributed by atoms with Crippen LogP contribution in [0.15, 0.2) is 69.3 Å². The molecule has 4 N–H and O–H groups in total. The number of aromatic amines is 1. The molecule has 2 amide bonds. The maximum absolute atomic E-state index is 12.3. The van der Waals surface area contributed by atoms with Crippen LogP contribution < -0.4 is 26.7 Å². The van der Waals surface area contributed by atoms with Crippen LogP contribution in [0.1, 0.15) is 12.5 Å². The summed E-state index contributed by atoms with van der Waals surface area (Å²) < 4.78 is 6.37. The van der Waals surface area contributed by atoms with Gasteiger partial charge in [-0.3, -0.25) is 9.78 Å². The van der Waals surface area contributed by atoms with Gasteiger partial charge in [-0.25, -0.2) is 19.6 Å². The summed E-state index contributed by atoms with van der Waals surface area (Å²) in [5.74, 6) is -0.308. The van der Waals surface area contributed by atoms with Gasteiger partial charge in [-0.2, -0.15) is 5.10 Å². The summed E-state index contributed by atoms with van der Waals surface area (Å²) in [4.78, 5) is 38.5. The van der Waals surface area contributed by atoms with Crippen molar-refractivity contribution in [3.63, 3.8) is 0 Å². The number of hydrazone groups is 1. The zero-order chi connectivity index (χ0) is 21.5. The summed E-state index contributed by atoms with van der Waals surface area (Å²) in [5.41, 5.74) is 0.936. The Labute approximate surface area is 170 Å². The normalized spacial score (nSPS) is 10.7. The van der Waals surface area contributed by atoms with Gasteiger partial charge in [-0.1, -0.05) is 30.3 Å². The van der Waals surface area contributed by atoms with E-state index in [4.69, 9.17) is 4.74 Å². The molecule has 1 heterocycles. The zero-order valence-corrected chi connectivity index (χ0v) is 16.0. The van der Waals surface area contributed by atoms with Crippen LogP contribution in [0.2, 0.25) is 0 Å². The van der Waals surface area contributed by atoms with Crippen LogP contribution in [0.25, 0.3) is 5.69 Å². The minimum Gasteiger partial charge on any atom is -0.493 e. The number of ether oxygens (including phenoxy) is 1. The highest BCUT2D eigenvalue weighted by atomic mass is 16.5. The summed E-state index contributed by atoms with van der Waals surface area (Å²) in [5, 5.41) is 16.8. The number of anilines is 1. The number of hydrogen-bond donors (Lipinski definition) is 4. The third-order valence-corrected chi connectivity index (χ3v) is 3.92. The van der Waals surface area contributed by atoms with Gasteiger partial charge in [0, 0.05) is 5.69 Å². The number of para-hydroxylation sites is 3. The molecule has 0 radical (unpaired) electrons. The van der Waals surface area contributed by atoms with E-state index in [0.717, 1.165) is 10.8 Å². The van der Waals surface area contributed by atoms with Gasteiger partial charge in [-0.05, 0) is 31.2 Å². The molecule has 0 aliphatic rings. The molecule has 30 heavy (non-hydrogen) atoms. The second-order valence-electron chi connectivity index (χ2n) is 5.92. The van der Waals surface area contributed by atoms with Gasteiger partial charge in [0.1, 0.15) is 11.3 Å². The molecule has 2 aromatic carbocycles. The Morgan fingerprint density at radius 1 is 1.17 bits per heavy atom. The number of carbonyl (C=O) groups is 1. The molecule has 3 rings (SSSR count). The van der Waals surface area contributed by atoms with E-state index in [1.807, 2.05) is 0 Å². The van der Waals surface area contributed by atoms with E-state index in [1.54, 1.807) is 61.5 Å². The smallest absolute Gasteiger partial charge is 0.339 e. The number of aromatic nitrogens is 2. The Balaban J connectivity index is 1.89. The summed E-state index contributed by atoms with van der Waals surface area (Å²) in [7, 11) is 0. The van der Waals surface area contributed by atoms with Crippen molar-refractivity contribution in [3.05, 3.63) is 81.0 Å². The highest BCUT2D eigenvalue weighted by Gasteiger charge is 2.17. The maximum atomic E-state index is 12.3. The van der Waals surface area contributed by atoms with E-state index in [1.165, 1.54) is 0 Å². The minimum absolute atomic E-state index is 0.238. The van der Waals surface area contributed by atoms with Crippen LogP contribution in [0.3, 0.4) is 0 Å². The summed E-state index contributed by atoms with van der Waals surface area (Å²) in [6, 6.07) is 14.6. The fourth-order valence-corrected chi connectivity index (χ4v) is 2.63. The Morgan fingerprint density at radius 3 is 2.60 bits per heavy atom. The van der Waals surface area contributed by atoms with Crippen LogP contribution in [-0.2, 0) is 0 Å². The lowest BCUT2D eigenvalue weighted by Crippen LogP contribution is -2.32. The Morgan fingerprint density at radius 2 is 1.87 bits per heavy atom. The largest absolute Gasteiger partial charge is 0.493 e. The summed E-state index contributed by atoms with van der Waals surface area (Å²) >= 11 is 0. The first-order chi connectivity index (χ1) is 14.5. The van der Waals surface area contributed by atoms with Crippen LogP contribution in [-0.4, -0.2) is 33.5 Å². The van der Waals surface area contributed by atoms with Crippen LogP contribution in [0.4, 0.5) is 10.5 Å². The molecule has 0 bridgehead atoms. The fourth-order valence-electron chi connectivity index (χ4n) is 2.63. The van der Waals surface area contributed by atoms with Crippen molar-refractivity contribution < 1.29 is 14.6 Å². The molecule has 0 saturated heterocycles. The lowest BCUT2D eigenvalue weighted by Gasteiger charge is -2.13. The van der Waals surface area contributed by atoms with Gasteiger partial charge in [-0.15, -0.1) is 0 Å². The Bertz CT molecular complexity index is 1180. The SMILES string of the molecule is CCOc1ccccc1-n1c(O)c(C=NNC(=O)Nc2ccccc2)c(=O)[nH]c1=O. The molecule has 0 unspecified atom stereocenters. The quantitative estimate of drug-likeness (QED) is 0.363. The van der Waals surface area contributed by atoms with Gasteiger partial charge >= 0.3 is 11.7 Å². The van der Waals surface area contributed by atoms with Gasteiger partial charge in [0.25, 0.3) is 5.56 Å². The van der Waals surface area contributed by atoms with Crippen molar-refractivity contribution in [2.24, 2.45) is 5.10 Å². The lowest BCUT2D eigenvalue weighted by molar-refractivity contribution is 0.252. The van der Waals surface area contributed by atoms with Crippen molar-refractivity contribution in [2.75, 3.05) is 11.9 Å². The number of carbonyl (C=O) groups excluding carboxylic acids is 1. The zero-order valence-electron chi connectivity index (χ0n) is 16.0. The highest BCUT2D eigenvalue weighted by molar-refractivity contribution is 5.90. The van der Waals surface area contributed by atoms with Gasteiger partial charge < -0.3 is 15.2 Å². The van der Waals surface area contributed by atoms with Crippen molar-refractivity contribution in [1.82, 2.24) is 15.0 Å². The first-order valence-corrected chi connectivity index (χ1v) is 8.97. The van der Waals surface area contributed by atoms with Gasteiger partial charge in [0.15, 0.2) is 0 Å². The molecule has 0 spiro atoms. The van der Waals surface area contributed by atoms with Crippen molar-refractivity contribution in [3.8, 4) is 17.3 Å². The molecule has 154 valence electrons. The number of rotatable bonds is 6. The number of benzene rings is 2. The number of aromatic hydroxyl groups is 1. The molecule has 0 fully saturated rings.